The number of likely N-dealkylation sites (tertiary alicyclic amines) is 1. The summed E-state index contributed by atoms with van der Waals surface area (Å²) >= 11 is 0. The van der Waals surface area contributed by atoms with E-state index in [9.17, 15) is 4.79 Å². The molecule has 0 aromatic carbocycles. The first-order valence-electron chi connectivity index (χ1n) is 6.32. The lowest BCUT2D eigenvalue weighted by atomic mass is 9.94. The van der Waals surface area contributed by atoms with E-state index in [1.54, 1.807) is 19.5 Å². The maximum Gasteiger partial charge on any atom is 0.248 e. The van der Waals surface area contributed by atoms with E-state index < -0.39 is 0 Å². The maximum absolute atomic E-state index is 11.8. The Kier molecular flexibility index (Phi) is 4.64. The van der Waals surface area contributed by atoms with E-state index in [2.05, 4.69) is 9.97 Å². The van der Waals surface area contributed by atoms with Crippen molar-refractivity contribution < 1.29 is 9.53 Å². The standard InChI is InChI=1S/C13H19N3O2/c1-18-10-13(17)16-7-2-4-11(9-16)8-12-14-5-3-6-15-12/h3,5-6,11H,2,4,7-10H2,1H3/t11-/m0/s1. The van der Waals surface area contributed by atoms with Gasteiger partial charge in [-0.3, -0.25) is 4.79 Å². The molecule has 0 aliphatic carbocycles. The van der Waals surface area contributed by atoms with Crippen molar-refractivity contribution in [2.45, 2.75) is 19.3 Å². The first-order chi connectivity index (χ1) is 8.79. The van der Waals surface area contributed by atoms with Crippen LogP contribution < -0.4 is 0 Å². The maximum atomic E-state index is 11.8. The minimum atomic E-state index is 0.0798. The summed E-state index contributed by atoms with van der Waals surface area (Å²) in [5.41, 5.74) is 0. The number of nitrogens with zero attached hydrogens (tertiary/aromatic N) is 3. The summed E-state index contributed by atoms with van der Waals surface area (Å²) in [6, 6.07) is 1.82. The van der Waals surface area contributed by atoms with Crippen molar-refractivity contribution in [3.63, 3.8) is 0 Å². The minimum Gasteiger partial charge on any atom is -0.375 e. The van der Waals surface area contributed by atoms with E-state index in [0.717, 1.165) is 38.2 Å². The molecule has 98 valence electrons. The third-order valence-electron chi connectivity index (χ3n) is 3.23. The predicted molar refractivity (Wildman–Crippen MR) is 66.9 cm³/mol. The number of ether oxygens (including phenoxy) is 1. The summed E-state index contributed by atoms with van der Waals surface area (Å²) in [5, 5.41) is 0. The fraction of sp³-hybridized carbons (Fsp3) is 0.615. The van der Waals surface area contributed by atoms with Crippen LogP contribution in [-0.2, 0) is 16.0 Å². The monoisotopic (exact) mass is 249 g/mol. The highest BCUT2D eigenvalue weighted by Gasteiger charge is 2.24. The van der Waals surface area contributed by atoms with Gasteiger partial charge in [-0.15, -0.1) is 0 Å². The number of hydrogen-bond acceptors (Lipinski definition) is 4. The number of hydrogen-bond donors (Lipinski definition) is 0. The van der Waals surface area contributed by atoms with Crippen LogP contribution in [0.2, 0.25) is 0 Å². The number of aromatic nitrogens is 2. The predicted octanol–water partition coefficient (Wildman–Crippen LogP) is 0.904. The molecule has 0 spiro atoms. The molecule has 1 aliphatic rings. The molecule has 0 bridgehead atoms. The van der Waals surface area contributed by atoms with Crippen molar-refractivity contribution in [1.29, 1.82) is 0 Å². The molecule has 2 heterocycles. The van der Waals surface area contributed by atoms with Gasteiger partial charge in [-0.2, -0.15) is 0 Å². The van der Waals surface area contributed by atoms with Crippen molar-refractivity contribution in [2.24, 2.45) is 5.92 Å². The zero-order valence-electron chi connectivity index (χ0n) is 10.7. The summed E-state index contributed by atoms with van der Waals surface area (Å²) in [6.07, 6.45) is 6.55. The average Bonchev–Trinajstić information content (AvgIpc) is 2.40. The molecule has 0 N–H and O–H groups in total. The van der Waals surface area contributed by atoms with Gasteiger partial charge < -0.3 is 9.64 Å². The zero-order valence-corrected chi connectivity index (χ0v) is 10.7. The van der Waals surface area contributed by atoms with Gasteiger partial charge >= 0.3 is 0 Å². The second kappa shape index (κ2) is 6.44. The molecule has 1 aromatic heterocycles. The van der Waals surface area contributed by atoms with Crippen LogP contribution in [-0.4, -0.2) is 47.6 Å². The molecule has 0 unspecified atom stereocenters. The Labute approximate surface area is 107 Å². The summed E-state index contributed by atoms with van der Waals surface area (Å²) in [7, 11) is 1.55. The number of amides is 1. The van der Waals surface area contributed by atoms with Crippen LogP contribution in [0.25, 0.3) is 0 Å². The van der Waals surface area contributed by atoms with E-state index in [1.165, 1.54) is 0 Å². The van der Waals surface area contributed by atoms with Gasteiger partial charge in [-0.05, 0) is 24.8 Å². The second-order valence-corrected chi connectivity index (χ2v) is 4.65. The van der Waals surface area contributed by atoms with Crippen LogP contribution in [0.4, 0.5) is 0 Å². The Morgan fingerprint density at radius 2 is 2.28 bits per heavy atom. The van der Waals surface area contributed by atoms with Crippen LogP contribution >= 0.6 is 0 Å². The van der Waals surface area contributed by atoms with Gasteiger partial charge in [0.05, 0.1) is 0 Å². The van der Waals surface area contributed by atoms with Crippen LogP contribution in [0.5, 0.6) is 0 Å². The Hall–Kier alpha value is -1.49. The first kappa shape index (κ1) is 13.0. The number of carbonyl (C=O) groups is 1. The third-order valence-corrected chi connectivity index (χ3v) is 3.23. The van der Waals surface area contributed by atoms with Gasteiger partial charge in [0, 0.05) is 39.0 Å². The van der Waals surface area contributed by atoms with E-state index >= 15 is 0 Å². The number of carbonyl (C=O) groups excluding carboxylic acids is 1. The van der Waals surface area contributed by atoms with Crippen LogP contribution in [0.15, 0.2) is 18.5 Å². The Morgan fingerprint density at radius 1 is 1.50 bits per heavy atom. The molecule has 0 saturated carbocycles. The van der Waals surface area contributed by atoms with E-state index in [0.29, 0.717) is 5.92 Å². The SMILES string of the molecule is COCC(=O)N1CCC[C@@H](Cc2ncccn2)C1. The van der Waals surface area contributed by atoms with Crippen molar-refractivity contribution in [3.05, 3.63) is 24.3 Å². The van der Waals surface area contributed by atoms with Crippen LogP contribution in [0.1, 0.15) is 18.7 Å². The molecule has 1 fully saturated rings. The van der Waals surface area contributed by atoms with Crippen LogP contribution in [0, 0.1) is 5.92 Å². The molecule has 18 heavy (non-hydrogen) atoms. The Bertz CT molecular complexity index is 383. The fourth-order valence-corrected chi connectivity index (χ4v) is 2.37. The van der Waals surface area contributed by atoms with Gasteiger partial charge in [0.15, 0.2) is 0 Å². The summed E-state index contributed by atoms with van der Waals surface area (Å²) in [6.45, 7) is 1.81. The van der Waals surface area contributed by atoms with Gasteiger partial charge in [-0.1, -0.05) is 0 Å². The molecule has 1 amide bonds. The van der Waals surface area contributed by atoms with Gasteiger partial charge in [0.1, 0.15) is 12.4 Å². The second-order valence-electron chi connectivity index (χ2n) is 4.65. The van der Waals surface area contributed by atoms with Gasteiger partial charge in [-0.25, -0.2) is 9.97 Å². The number of methoxy groups -OCH3 is 1. The van der Waals surface area contributed by atoms with Crippen molar-refractivity contribution in [1.82, 2.24) is 14.9 Å². The minimum absolute atomic E-state index is 0.0798. The third kappa shape index (κ3) is 3.50. The lowest BCUT2D eigenvalue weighted by molar-refractivity contribution is -0.136. The van der Waals surface area contributed by atoms with Gasteiger partial charge in [0.2, 0.25) is 5.91 Å². The van der Waals surface area contributed by atoms with Crippen molar-refractivity contribution in [2.75, 3.05) is 26.8 Å². The average molecular weight is 249 g/mol. The molecular formula is C13H19N3O2. The lowest BCUT2D eigenvalue weighted by Gasteiger charge is -2.32. The van der Waals surface area contributed by atoms with Crippen molar-refractivity contribution >= 4 is 5.91 Å². The first-order valence-corrected chi connectivity index (χ1v) is 6.32. The molecule has 5 heteroatoms. The number of rotatable bonds is 4. The normalized spacial score (nSPS) is 19.8. The molecule has 1 aromatic rings. The van der Waals surface area contributed by atoms with E-state index in [4.69, 9.17) is 4.74 Å². The molecule has 1 aliphatic heterocycles. The summed E-state index contributed by atoms with van der Waals surface area (Å²) in [4.78, 5) is 22.1. The lowest BCUT2D eigenvalue weighted by Crippen LogP contribution is -2.42. The highest BCUT2D eigenvalue weighted by Crippen LogP contribution is 2.19. The topological polar surface area (TPSA) is 55.3 Å². The zero-order chi connectivity index (χ0) is 12.8. The van der Waals surface area contributed by atoms with E-state index in [-0.39, 0.29) is 12.5 Å². The Morgan fingerprint density at radius 3 is 3.00 bits per heavy atom. The smallest absolute Gasteiger partial charge is 0.248 e. The molecule has 5 nitrogen and oxygen atoms in total. The number of piperidine rings is 1. The van der Waals surface area contributed by atoms with Gasteiger partial charge in [0.25, 0.3) is 0 Å². The van der Waals surface area contributed by atoms with E-state index in [1.807, 2.05) is 11.0 Å². The molecule has 0 radical (unpaired) electrons. The molecule has 1 saturated heterocycles. The molecule has 1 atom stereocenters. The van der Waals surface area contributed by atoms with Crippen molar-refractivity contribution in [3.8, 4) is 0 Å². The quantitative estimate of drug-likeness (QED) is 0.795. The fourth-order valence-electron chi connectivity index (χ4n) is 2.37. The van der Waals surface area contributed by atoms with Crippen LogP contribution in [0.3, 0.4) is 0 Å². The molecular weight excluding hydrogens is 230 g/mol. The largest absolute Gasteiger partial charge is 0.375 e. The summed E-state index contributed by atoms with van der Waals surface area (Å²) < 4.78 is 4.89. The highest BCUT2D eigenvalue weighted by molar-refractivity contribution is 5.77. The highest BCUT2D eigenvalue weighted by atomic mass is 16.5. The molecule has 2 rings (SSSR count). The Balaban J connectivity index is 1.89. The summed E-state index contributed by atoms with van der Waals surface area (Å²) in [5.74, 6) is 1.40.